The van der Waals surface area contributed by atoms with Gasteiger partial charge >= 0.3 is 5.97 Å². The number of carbonyl (C=O) groups is 2. The van der Waals surface area contributed by atoms with Crippen LogP contribution in [0.25, 0.3) is 0 Å². The molecule has 0 aliphatic heterocycles. The van der Waals surface area contributed by atoms with Gasteiger partial charge in [-0.15, -0.1) is 0 Å². The average molecular weight is 389 g/mol. The van der Waals surface area contributed by atoms with E-state index in [9.17, 15) is 18.0 Å². The summed E-state index contributed by atoms with van der Waals surface area (Å²) in [6, 6.07) is 14.9. The Labute approximate surface area is 159 Å². The molecule has 1 atom stereocenters. The Morgan fingerprint density at radius 3 is 2.22 bits per heavy atom. The number of hydrogen-bond acceptors (Lipinski definition) is 4. The molecule has 2 N–H and O–H groups in total. The summed E-state index contributed by atoms with van der Waals surface area (Å²) in [5, 5.41) is 11.8. The SMILES string of the molecule is CCS(=O)(=O)c1ccc(C(=O)NC(CCC(=O)O)Cc2ccccc2)cc1. The first-order valence-electron chi connectivity index (χ1n) is 8.71. The number of amides is 1. The molecule has 144 valence electrons. The Kier molecular flexibility index (Phi) is 7.12. The molecule has 0 aromatic heterocycles. The van der Waals surface area contributed by atoms with Crippen LogP contribution in [0.3, 0.4) is 0 Å². The number of rotatable bonds is 9. The molecule has 27 heavy (non-hydrogen) atoms. The minimum atomic E-state index is -3.32. The van der Waals surface area contributed by atoms with Gasteiger partial charge in [-0.3, -0.25) is 9.59 Å². The van der Waals surface area contributed by atoms with Gasteiger partial charge < -0.3 is 10.4 Å². The normalized spacial score (nSPS) is 12.3. The number of aliphatic carboxylic acids is 1. The molecule has 0 bridgehead atoms. The Morgan fingerprint density at radius 1 is 1.04 bits per heavy atom. The Bertz CT molecular complexity index is 876. The maximum absolute atomic E-state index is 12.5. The lowest BCUT2D eigenvalue weighted by atomic mass is 10.0. The Balaban J connectivity index is 2.10. The molecule has 2 aromatic rings. The summed E-state index contributed by atoms with van der Waals surface area (Å²) in [4.78, 5) is 23.6. The predicted molar refractivity (Wildman–Crippen MR) is 102 cm³/mol. The molecule has 0 saturated carbocycles. The number of carbonyl (C=O) groups excluding carboxylic acids is 1. The molecule has 6 nitrogen and oxygen atoms in total. The minimum Gasteiger partial charge on any atom is -0.481 e. The van der Waals surface area contributed by atoms with Gasteiger partial charge in [0, 0.05) is 18.0 Å². The second kappa shape index (κ2) is 9.32. The van der Waals surface area contributed by atoms with E-state index in [0.29, 0.717) is 18.4 Å². The van der Waals surface area contributed by atoms with Crippen molar-refractivity contribution in [2.24, 2.45) is 0 Å². The van der Waals surface area contributed by atoms with E-state index in [-0.39, 0.29) is 29.0 Å². The van der Waals surface area contributed by atoms with Crippen LogP contribution in [0.1, 0.15) is 35.7 Å². The fourth-order valence-corrected chi connectivity index (χ4v) is 3.55. The van der Waals surface area contributed by atoms with Crippen LogP contribution in [0, 0.1) is 0 Å². The molecule has 7 heteroatoms. The lowest BCUT2D eigenvalue weighted by Crippen LogP contribution is -2.37. The van der Waals surface area contributed by atoms with Crippen LogP contribution in [0.4, 0.5) is 0 Å². The molecule has 0 aliphatic rings. The second-order valence-electron chi connectivity index (χ2n) is 6.22. The molecule has 0 saturated heterocycles. The third-order valence-corrected chi connectivity index (χ3v) is 5.97. The van der Waals surface area contributed by atoms with Crippen molar-refractivity contribution in [3.8, 4) is 0 Å². The van der Waals surface area contributed by atoms with E-state index >= 15 is 0 Å². The van der Waals surface area contributed by atoms with Crippen LogP contribution in [-0.4, -0.2) is 37.2 Å². The van der Waals surface area contributed by atoms with Crippen LogP contribution in [-0.2, 0) is 21.1 Å². The van der Waals surface area contributed by atoms with Crippen LogP contribution in [0.5, 0.6) is 0 Å². The first kappa shape index (κ1) is 20.6. The van der Waals surface area contributed by atoms with E-state index < -0.39 is 15.8 Å². The highest BCUT2D eigenvalue weighted by Crippen LogP contribution is 2.14. The van der Waals surface area contributed by atoms with Gasteiger partial charge in [-0.2, -0.15) is 0 Å². The molecule has 1 amide bonds. The van der Waals surface area contributed by atoms with Crippen LogP contribution in [0.15, 0.2) is 59.5 Å². The lowest BCUT2D eigenvalue weighted by Gasteiger charge is -2.18. The first-order chi connectivity index (χ1) is 12.8. The van der Waals surface area contributed by atoms with Gasteiger partial charge in [-0.25, -0.2) is 8.42 Å². The largest absolute Gasteiger partial charge is 0.481 e. The molecule has 2 aromatic carbocycles. The van der Waals surface area contributed by atoms with Crippen molar-refractivity contribution in [3.63, 3.8) is 0 Å². The smallest absolute Gasteiger partial charge is 0.303 e. The van der Waals surface area contributed by atoms with Crippen molar-refractivity contribution >= 4 is 21.7 Å². The molecule has 1 unspecified atom stereocenters. The molecular formula is C20H23NO5S. The van der Waals surface area contributed by atoms with E-state index in [1.54, 1.807) is 6.92 Å². The van der Waals surface area contributed by atoms with Crippen LogP contribution >= 0.6 is 0 Å². The van der Waals surface area contributed by atoms with Crippen LogP contribution in [0.2, 0.25) is 0 Å². The Morgan fingerprint density at radius 2 is 1.67 bits per heavy atom. The monoisotopic (exact) mass is 389 g/mol. The van der Waals surface area contributed by atoms with Crippen molar-refractivity contribution in [1.82, 2.24) is 5.32 Å². The summed E-state index contributed by atoms with van der Waals surface area (Å²) in [5.74, 6) is -1.29. The minimum absolute atomic E-state index is 0.00706. The number of sulfone groups is 1. The number of carboxylic acid groups (broad SMARTS) is 1. The zero-order valence-corrected chi connectivity index (χ0v) is 15.9. The highest BCUT2D eigenvalue weighted by Gasteiger charge is 2.17. The van der Waals surface area contributed by atoms with Gasteiger partial charge in [0.05, 0.1) is 10.6 Å². The van der Waals surface area contributed by atoms with Crippen molar-refractivity contribution in [1.29, 1.82) is 0 Å². The highest BCUT2D eigenvalue weighted by molar-refractivity contribution is 7.91. The zero-order valence-electron chi connectivity index (χ0n) is 15.1. The summed E-state index contributed by atoms with van der Waals surface area (Å²) in [5.41, 5.74) is 1.33. The number of carboxylic acids is 1. The van der Waals surface area contributed by atoms with Crippen molar-refractivity contribution in [3.05, 3.63) is 65.7 Å². The third kappa shape index (κ3) is 6.21. The van der Waals surface area contributed by atoms with Crippen LogP contribution < -0.4 is 5.32 Å². The Hall–Kier alpha value is -2.67. The molecule has 2 rings (SSSR count). The predicted octanol–water partition coefficient (Wildman–Crippen LogP) is 2.69. The highest BCUT2D eigenvalue weighted by atomic mass is 32.2. The van der Waals surface area contributed by atoms with Crippen molar-refractivity contribution in [2.45, 2.75) is 37.1 Å². The molecule has 0 spiro atoms. The van der Waals surface area contributed by atoms with Gasteiger partial charge in [-0.1, -0.05) is 37.3 Å². The van der Waals surface area contributed by atoms with Crippen molar-refractivity contribution < 1.29 is 23.1 Å². The first-order valence-corrected chi connectivity index (χ1v) is 10.4. The molecular weight excluding hydrogens is 366 g/mol. The van der Waals surface area contributed by atoms with E-state index in [4.69, 9.17) is 5.11 Å². The molecule has 0 aliphatic carbocycles. The molecule has 0 fully saturated rings. The maximum atomic E-state index is 12.5. The van der Waals surface area contributed by atoms with Gasteiger partial charge in [-0.05, 0) is 42.7 Å². The third-order valence-electron chi connectivity index (χ3n) is 4.22. The fourth-order valence-electron chi connectivity index (χ4n) is 2.67. The summed E-state index contributed by atoms with van der Waals surface area (Å²) in [6.07, 6.45) is 0.770. The standard InChI is InChI=1S/C20H23NO5S/c1-2-27(25,26)18-11-8-16(9-12-18)20(24)21-17(10-13-19(22)23)14-15-6-4-3-5-7-15/h3-9,11-12,17H,2,10,13-14H2,1H3,(H,21,24)(H,22,23). The molecule has 0 radical (unpaired) electrons. The summed E-state index contributed by atoms with van der Waals surface area (Å²) < 4.78 is 23.7. The van der Waals surface area contributed by atoms with E-state index in [1.807, 2.05) is 30.3 Å². The van der Waals surface area contributed by atoms with Gasteiger partial charge in [0.2, 0.25) is 0 Å². The lowest BCUT2D eigenvalue weighted by molar-refractivity contribution is -0.137. The van der Waals surface area contributed by atoms with Gasteiger partial charge in [0.15, 0.2) is 9.84 Å². The summed E-state index contributed by atoms with van der Waals surface area (Å²) in [7, 11) is -3.32. The maximum Gasteiger partial charge on any atom is 0.303 e. The number of nitrogens with one attached hydrogen (secondary N) is 1. The summed E-state index contributed by atoms with van der Waals surface area (Å²) in [6.45, 7) is 1.56. The van der Waals surface area contributed by atoms with Crippen molar-refractivity contribution in [2.75, 3.05) is 5.75 Å². The van der Waals surface area contributed by atoms with E-state index in [2.05, 4.69) is 5.32 Å². The van der Waals surface area contributed by atoms with Gasteiger partial charge in [0.25, 0.3) is 5.91 Å². The average Bonchev–Trinajstić information content (AvgIpc) is 2.67. The fraction of sp³-hybridized carbons (Fsp3) is 0.300. The summed E-state index contributed by atoms with van der Waals surface area (Å²) >= 11 is 0. The van der Waals surface area contributed by atoms with E-state index in [1.165, 1.54) is 24.3 Å². The molecule has 0 heterocycles. The number of hydrogen-bond donors (Lipinski definition) is 2. The zero-order chi connectivity index (χ0) is 19.9. The van der Waals surface area contributed by atoms with Gasteiger partial charge in [0.1, 0.15) is 0 Å². The van der Waals surface area contributed by atoms with E-state index in [0.717, 1.165) is 5.56 Å². The number of benzene rings is 2. The topological polar surface area (TPSA) is 101 Å². The second-order valence-corrected chi connectivity index (χ2v) is 8.50. The quantitative estimate of drug-likeness (QED) is 0.687.